The van der Waals surface area contributed by atoms with Gasteiger partial charge in [0, 0.05) is 25.8 Å². The van der Waals surface area contributed by atoms with Gasteiger partial charge in [-0.1, -0.05) is 125 Å². The van der Waals surface area contributed by atoms with Crippen molar-refractivity contribution in [3.63, 3.8) is 0 Å². The van der Waals surface area contributed by atoms with E-state index >= 15 is 0 Å². The minimum absolute atomic E-state index is 0.0315. The Morgan fingerprint density at radius 1 is 0.792 bits per heavy atom. The maximum absolute atomic E-state index is 13.9. The van der Waals surface area contributed by atoms with Crippen LogP contribution in [0.15, 0.2) is 97.1 Å². The van der Waals surface area contributed by atoms with Crippen LogP contribution in [0.1, 0.15) is 75.1 Å². The minimum atomic E-state index is -1.12. The molecule has 2 amide bonds. The van der Waals surface area contributed by atoms with Gasteiger partial charge in [0.2, 0.25) is 11.8 Å². The van der Waals surface area contributed by atoms with Crippen LogP contribution in [0, 0.1) is 5.92 Å². The number of carbonyl (C=O) groups is 3. The molecule has 0 spiro atoms. The lowest BCUT2D eigenvalue weighted by molar-refractivity contribution is -0.145. The van der Waals surface area contributed by atoms with Crippen molar-refractivity contribution in [2.75, 3.05) is 0 Å². The van der Waals surface area contributed by atoms with Gasteiger partial charge in [0.05, 0.1) is 0 Å². The predicted molar refractivity (Wildman–Crippen MR) is 190 cm³/mol. The van der Waals surface area contributed by atoms with E-state index in [4.69, 9.17) is 0 Å². The lowest BCUT2D eigenvalue weighted by atomic mass is 9.85. The number of nitrogens with zero attached hydrogens (tertiary/aromatic N) is 1. The van der Waals surface area contributed by atoms with Crippen LogP contribution in [0.2, 0.25) is 0 Å². The molecule has 248 valence electrons. The van der Waals surface area contributed by atoms with Crippen LogP contribution in [0.5, 0.6) is 0 Å². The summed E-state index contributed by atoms with van der Waals surface area (Å²) >= 11 is 0. The average molecular weight is 643 g/mol. The molecule has 1 saturated carbocycles. The smallest absolute Gasteiger partial charge is 0.326 e. The number of benzene rings is 4. The van der Waals surface area contributed by atoms with E-state index in [0.29, 0.717) is 25.3 Å². The van der Waals surface area contributed by atoms with Crippen molar-refractivity contribution in [1.82, 2.24) is 10.2 Å². The van der Waals surface area contributed by atoms with Gasteiger partial charge in [-0.25, -0.2) is 4.79 Å². The SMILES string of the molecule is CC(C)(C)c1ccc(-c2ccc3c(c2)CN(C(=O)CC2CCCC2)[C@H](C(=O)N[C@@H](Cc2ccc(-c4ccccc4)cc2)C(=O)O)C3)cc1. The number of carbonyl (C=O) groups excluding carboxylic acids is 2. The Morgan fingerprint density at radius 2 is 1.40 bits per heavy atom. The molecule has 1 heterocycles. The second-order valence-electron chi connectivity index (χ2n) is 14.6. The summed E-state index contributed by atoms with van der Waals surface area (Å²) in [5, 5.41) is 13.0. The molecule has 4 aromatic rings. The molecule has 0 aromatic heterocycles. The third kappa shape index (κ3) is 7.70. The highest BCUT2D eigenvalue weighted by atomic mass is 16.4. The van der Waals surface area contributed by atoms with E-state index in [9.17, 15) is 19.5 Å². The second-order valence-corrected chi connectivity index (χ2v) is 14.6. The monoisotopic (exact) mass is 642 g/mol. The Hall–Kier alpha value is -4.71. The van der Waals surface area contributed by atoms with E-state index in [0.717, 1.165) is 64.6 Å². The molecule has 2 aliphatic rings. The van der Waals surface area contributed by atoms with Crippen molar-refractivity contribution in [1.29, 1.82) is 0 Å². The summed E-state index contributed by atoms with van der Waals surface area (Å²) in [5.74, 6) is -1.22. The van der Waals surface area contributed by atoms with Crippen molar-refractivity contribution >= 4 is 17.8 Å². The van der Waals surface area contributed by atoms with Gasteiger partial charge >= 0.3 is 5.97 Å². The van der Waals surface area contributed by atoms with E-state index in [1.54, 1.807) is 4.90 Å². The Balaban J connectivity index is 1.22. The summed E-state index contributed by atoms with van der Waals surface area (Å²) in [7, 11) is 0. The molecule has 0 bridgehead atoms. The Labute approximate surface area is 284 Å². The fourth-order valence-electron chi connectivity index (χ4n) is 7.17. The molecule has 0 radical (unpaired) electrons. The average Bonchev–Trinajstić information content (AvgIpc) is 3.60. The number of rotatable bonds is 9. The van der Waals surface area contributed by atoms with E-state index in [1.165, 1.54) is 5.56 Å². The Kier molecular flexibility index (Phi) is 9.81. The summed E-state index contributed by atoms with van der Waals surface area (Å²) < 4.78 is 0. The van der Waals surface area contributed by atoms with Crippen LogP contribution < -0.4 is 5.32 Å². The molecule has 4 aromatic carbocycles. The molecule has 0 unspecified atom stereocenters. The van der Waals surface area contributed by atoms with Crippen LogP contribution in [0.4, 0.5) is 0 Å². The zero-order chi connectivity index (χ0) is 33.8. The highest BCUT2D eigenvalue weighted by Crippen LogP contribution is 2.33. The number of aliphatic carboxylic acids is 1. The van der Waals surface area contributed by atoms with Crippen molar-refractivity contribution in [3.05, 3.63) is 119 Å². The lowest BCUT2D eigenvalue weighted by Gasteiger charge is -2.37. The third-order valence-electron chi connectivity index (χ3n) is 10.1. The van der Waals surface area contributed by atoms with Crippen molar-refractivity contribution in [2.45, 2.75) is 89.8 Å². The number of nitrogens with one attached hydrogen (secondary N) is 1. The van der Waals surface area contributed by atoms with Crippen molar-refractivity contribution < 1.29 is 19.5 Å². The summed E-state index contributed by atoms with van der Waals surface area (Å²) in [4.78, 5) is 41.9. The molecule has 6 nitrogen and oxygen atoms in total. The first-order valence-corrected chi connectivity index (χ1v) is 17.2. The minimum Gasteiger partial charge on any atom is -0.480 e. The molecule has 48 heavy (non-hydrogen) atoms. The van der Waals surface area contributed by atoms with Crippen LogP contribution in [0.25, 0.3) is 22.3 Å². The van der Waals surface area contributed by atoms with E-state index in [-0.39, 0.29) is 17.7 Å². The summed E-state index contributed by atoms with van der Waals surface area (Å²) in [5.41, 5.74) is 8.49. The van der Waals surface area contributed by atoms with Gasteiger partial charge in [-0.05, 0) is 74.7 Å². The summed E-state index contributed by atoms with van der Waals surface area (Å²) in [6, 6.07) is 30.8. The van der Waals surface area contributed by atoms with Gasteiger partial charge in [-0.3, -0.25) is 9.59 Å². The summed E-state index contributed by atoms with van der Waals surface area (Å²) in [6.45, 7) is 6.93. The normalized spacial score (nSPS) is 17.1. The maximum atomic E-state index is 13.9. The van der Waals surface area contributed by atoms with Gasteiger partial charge < -0.3 is 15.3 Å². The number of hydrogen-bond acceptors (Lipinski definition) is 3. The first-order chi connectivity index (χ1) is 23.0. The molecule has 6 heteroatoms. The first kappa shape index (κ1) is 33.2. The van der Waals surface area contributed by atoms with Crippen molar-refractivity contribution in [3.8, 4) is 22.3 Å². The Bertz CT molecular complexity index is 1750. The molecular formula is C42H46N2O4. The van der Waals surface area contributed by atoms with Crippen LogP contribution in [-0.2, 0) is 39.2 Å². The van der Waals surface area contributed by atoms with Crippen LogP contribution in [-0.4, -0.2) is 39.9 Å². The van der Waals surface area contributed by atoms with Gasteiger partial charge in [-0.2, -0.15) is 0 Å². The lowest BCUT2D eigenvalue weighted by Crippen LogP contribution is -2.56. The quantitative estimate of drug-likeness (QED) is 0.194. The van der Waals surface area contributed by atoms with Crippen LogP contribution in [0.3, 0.4) is 0 Å². The topological polar surface area (TPSA) is 86.7 Å². The van der Waals surface area contributed by atoms with Crippen LogP contribution >= 0.6 is 0 Å². The van der Waals surface area contributed by atoms with Gasteiger partial charge in [0.1, 0.15) is 12.1 Å². The largest absolute Gasteiger partial charge is 0.480 e. The van der Waals surface area contributed by atoms with Crippen molar-refractivity contribution in [2.24, 2.45) is 5.92 Å². The second kappa shape index (κ2) is 14.2. The third-order valence-corrected chi connectivity index (χ3v) is 10.1. The molecule has 0 saturated heterocycles. The molecule has 6 rings (SSSR count). The zero-order valence-electron chi connectivity index (χ0n) is 28.2. The fraction of sp³-hybridized carbons (Fsp3) is 0.357. The number of fused-ring (bicyclic) bond motifs is 1. The first-order valence-electron chi connectivity index (χ1n) is 17.2. The standard InChI is InChI=1S/C42H46N2O4/c1-42(2,3)36-21-19-32(20-22-36)33-17-18-34-26-38(44(27-35(34)25-33)39(45)24-28-9-7-8-10-28)40(46)43-37(41(47)48)23-29-13-15-31(16-14-29)30-11-5-4-6-12-30/h4-6,11-22,25,28,37-38H,7-10,23-24,26-27H2,1-3H3,(H,43,46)(H,47,48)/t37-,38-/m0/s1. The zero-order valence-corrected chi connectivity index (χ0v) is 28.2. The van der Waals surface area contributed by atoms with E-state index in [1.807, 2.05) is 54.6 Å². The number of carboxylic acid groups (broad SMARTS) is 1. The van der Waals surface area contributed by atoms with Gasteiger partial charge in [0.15, 0.2) is 0 Å². The molecule has 1 aliphatic heterocycles. The van der Waals surface area contributed by atoms with Gasteiger partial charge in [0.25, 0.3) is 0 Å². The molecular weight excluding hydrogens is 596 g/mol. The molecule has 1 fully saturated rings. The maximum Gasteiger partial charge on any atom is 0.326 e. The molecule has 2 atom stereocenters. The fourth-order valence-corrected chi connectivity index (χ4v) is 7.17. The number of hydrogen-bond donors (Lipinski definition) is 2. The van der Waals surface area contributed by atoms with E-state index in [2.05, 4.69) is 68.6 Å². The highest BCUT2D eigenvalue weighted by Gasteiger charge is 2.37. The Morgan fingerprint density at radius 3 is 2.04 bits per heavy atom. The summed E-state index contributed by atoms with van der Waals surface area (Å²) in [6.07, 6.45) is 5.25. The predicted octanol–water partition coefficient (Wildman–Crippen LogP) is 7.96. The molecule has 2 N–H and O–H groups in total. The highest BCUT2D eigenvalue weighted by molar-refractivity contribution is 5.91. The molecule has 1 aliphatic carbocycles. The number of amides is 2. The van der Waals surface area contributed by atoms with E-state index < -0.39 is 24.0 Å². The van der Waals surface area contributed by atoms with Gasteiger partial charge in [-0.15, -0.1) is 0 Å². The number of carboxylic acids is 1.